The van der Waals surface area contributed by atoms with Crippen LogP contribution in [0.15, 0.2) is 67.0 Å². The molecule has 3 heterocycles. The number of aromatic amines is 1. The molecule has 0 radical (unpaired) electrons. The predicted octanol–water partition coefficient (Wildman–Crippen LogP) is 3.87. The van der Waals surface area contributed by atoms with Gasteiger partial charge in [-0.25, -0.2) is 28.9 Å². The lowest BCUT2D eigenvalue weighted by Crippen LogP contribution is -2.36. The van der Waals surface area contributed by atoms with Gasteiger partial charge in [0.2, 0.25) is 0 Å². The Labute approximate surface area is 203 Å². The monoisotopic (exact) mass is 496 g/mol. The second kappa shape index (κ2) is 9.77. The molecule has 5 rings (SSSR count). The third-order valence-electron chi connectivity index (χ3n) is 5.46. The molecule has 178 valence electrons. The molecule has 1 aliphatic rings. The number of fused-ring (bicyclic) bond motifs is 1. The van der Waals surface area contributed by atoms with E-state index in [4.69, 9.17) is 25.8 Å². The van der Waals surface area contributed by atoms with Gasteiger partial charge in [-0.1, -0.05) is 48.0 Å². The summed E-state index contributed by atoms with van der Waals surface area (Å²) in [5.74, 6) is -1.26. The molecule has 1 aliphatic heterocycles. The standard InChI is InChI=1S/C24H18ClFN4O5/c25-20-17-21(28-12-27-20)30-22(29-17)19-16(26)18(35-24(32)14-9-5-2-6-10-14)15(34-19)11-33-23(31)13-7-3-1-4-8-13/h1-10,12,15-16,18-19H,11H2,(H,27,28,29,30)/t15-,16+,18-,19-/m1/s1. The van der Waals surface area contributed by atoms with Crippen LogP contribution in [0.3, 0.4) is 0 Å². The Balaban J connectivity index is 1.39. The number of H-pyrrole nitrogens is 1. The first kappa shape index (κ1) is 22.9. The molecule has 2 aromatic heterocycles. The number of nitrogens with one attached hydrogen (secondary N) is 1. The summed E-state index contributed by atoms with van der Waals surface area (Å²) < 4.78 is 32.3. The van der Waals surface area contributed by atoms with Crippen molar-refractivity contribution in [3.63, 3.8) is 0 Å². The van der Waals surface area contributed by atoms with Crippen LogP contribution in [0, 0.1) is 0 Å². The molecule has 1 fully saturated rings. The van der Waals surface area contributed by atoms with E-state index in [1.54, 1.807) is 60.7 Å². The van der Waals surface area contributed by atoms with Crippen molar-refractivity contribution in [1.29, 1.82) is 0 Å². The molecule has 0 bridgehead atoms. The Morgan fingerprint density at radius 1 is 1.00 bits per heavy atom. The van der Waals surface area contributed by atoms with Crippen molar-refractivity contribution in [3.05, 3.63) is 89.1 Å². The number of esters is 2. The van der Waals surface area contributed by atoms with Crippen LogP contribution in [-0.2, 0) is 14.2 Å². The maximum Gasteiger partial charge on any atom is 0.338 e. The van der Waals surface area contributed by atoms with E-state index >= 15 is 4.39 Å². The van der Waals surface area contributed by atoms with E-state index in [-0.39, 0.29) is 28.8 Å². The number of hydrogen-bond acceptors (Lipinski definition) is 8. The highest BCUT2D eigenvalue weighted by Crippen LogP contribution is 2.37. The summed E-state index contributed by atoms with van der Waals surface area (Å²) in [6.07, 6.45) is -4.31. The molecule has 35 heavy (non-hydrogen) atoms. The van der Waals surface area contributed by atoms with Crippen LogP contribution in [0.2, 0.25) is 5.15 Å². The van der Waals surface area contributed by atoms with Crippen molar-refractivity contribution in [2.75, 3.05) is 6.61 Å². The fourth-order valence-corrected chi connectivity index (χ4v) is 3.92. The van der Waals surface area contributed by atoms with Crippen molar-refractivity contribution in [2.45, 2.75) is 24.5 Å². The fourth-order valence-electron chi connectivity index (χ4n) is 3.74. The molecule has 4 aromatic rings. The number of aromatic nitrogens is 4. The van der Waals surface area contributed by atoms with E-state index in [9.17, 15) is 9.59 Å². The zero-order valence-electron chi connectivity index (χ0n) is 18.0. The Bertz CT molecular complexity index is 1350. The van der Waals surface area contributed by atoms with Gasteiger partial charge in [-0.15, -0.1) is 0 Å². The summed E-state index contributed by atoms with van der Waals surface area (Å²) in [6.45, 7) is -0.349. The number of ether oxygens (including phenoxy) is 3. The van der Waals surface area contributed by atoms with E-state index in [1.165, 1.54) is 6.33 Å². The first-order chi connectivity index (χ1) is 17.0. The second-order valence-corrected chi connectivity index (χ2v) is 8.08. The summed E-state index contributed by atoms with van der Waals surface area (Å²) in [7, 11) is 0. The van der Waals surface area contributed by atoms with Gasteiger partial charge in [0, 0.05) is 0 Å². The summed E-state index contributed by atoms with van der Waals surface area (Å²) in [5.41, 5.74) is 1.11. The first-order valence-electron chi connectivity index (χ1n) is 10.6. The number of halogens is 2. The molecule has 0 aliphatic carbocycles. The lowest BCUT2D eigenvalue weighted by Gasteiger charge is -2.19. The summed E-state index contributed by atoms with van der Waals surface area (Å²) in [6, 6.07) is 16.5. The molecule has 1 saturated heterocycles. The van der Waals surface area contributed by atoms with Gasteiger partial charge in [0.15, 0.2) is 29.2 Å². The van der Waals surface area contributed by atoms with Crippen LogP contribution in [0.25, 0.3) is 11.2 Å². The average Bonchev–Trinajstić information content (AvgIpc) is 3.46. The SMILES string of the molecule is O=C(OC[C@H]1O[C@@H](c2nc3ncnc(Cl)c3[nH]2)[C@@H](F)[C@@H]1OC(=O)c1ccccc1)c1ccccc1. The zero-order chi connectivity index (χ0) is 24.4. The number of rotatable bonds is 6. The molecule has 4 atom stereocenters. The summed E-state index contributed by atoms with van der Waals surface area (Å²) in [5, 5.41) is 0.113. The zero-order valence-corrected chi connectivity index (χ0v) is 18.8. The van der Waals surface area contributed by atoms with Gasteiger partial charge < -0.3 is 19.2 Å². The summed E-state index contributed by atoms with van der Waals surface area (Å²) in [4.78, 5) is 40.1. The van der Waals surface area contributed by atoms with E-state index in [1.807, 2.05) is 0 Å². The molecule has 1 N–H and O–H groups in total. The number of hydrogen-bond donors (Lipinski definition) is 1. The maximum absolute atomic E-state index is 15.7. The van der Waals surface area contributed by atoms with Gasteiger partial charge in [-0.05, 0) is 24.3 Å². The largest absolute Gasteiger partial charge is 0.459 e. The number of benzene rings is 2. The van der Waals surface area contributed by atoms with Crippen molar-refractivity contribution >= 4 is 34.7 Å². The van der Waals surface area contributed by atoms with Gasteiger partial charge >= 0.3 is 11.9 Å². The van der Waals surface area contributed by atoms with Crippen molar-refractivity contribution < 1.29 is 28.2 Å². The van der Waals surface area contributed by atoms with Gasteiger partial charge in [-0.3, -0.25) is 0 Å². The molecular weight excluding hydrogens is 479 g/mol. The van der Waals surface area contributed by atoms with E-state index < -0.39 is 36.4 Å². The topological polar surface area (TPSA) is 116 Å². The highest BCUT2D eigenvalue weighted by atomic mass is 35.5. The molecule has 9 nitrogen and oxygen atoms in total. The van der Waals surface area contributed by atoms with Crippen LogP contribution >= 0.6 is 11.6 Å². The molecule has 2 aromatic carbocycles. The Hall–Kier alpha value is -3.89. The van der Waals surface area contributed by atoms with E-state index in [2.05, 4.69) is 19.9 Å². The second-order valence-electron chi connectivity index (χ2n) is 7.73. The molecule has 11 heteroatoms. The smallest absolute Gasteiger partial charge is 0.338 e. The minimum absolute atomic E-state index is 0.0903. The normalized spacial score (nSPS) is 21.7. The van der Waals surface area contributed by atoms with Gasteiger partial charge in [0.05, 0.1) is 11.1 Å². The first-order valence-corrected chi connectivity index (χ1v) is 11.0. The highest BCUT2D eigenvalue weighted by molar-refractivity contribution is 6.33. The van der Waals surface area contributed by atoms with E-state index in [0.29, 0.717) is 11.1 Å². The molecule has 0 amide bonds. The Morgan fingerprint density at radius 2 is 1.66 bits per heavy atom. The van der Waals surface area contributed by atoms with Crippen molar-refractivity contribution in [3.8, 4) is 0 Å². The predicted molar refractivity (Wildman–Crippen MR) is 122 cm³/mol. The van der Waals surface area contributed by atoms with Crippen LogP contribution in [0.1, 0.15) is 32.6 Å². The third-order valence-corrected chi connectivity index (χ3v) is 5.75. The lowest BCUT2D eigenvalue weighted by atomic mass is 10.1. The van der Waals surface area contributed by atoms with E-state index in [0.717, 1.165) is 0 Å². The number of carbonyl (C=O) groups is 2. The number of nitrogens with zero attached hydrogens (tertiary/aromatic N) is 3. The molecular formula is C24H18ClFN4O5. The van der Waals surface area contributed by atoms with Gasteiger partial charge in [-0.2, -0.15) is 0 Å². The Kier molecular flexibility index (Phi) is 6.39. The van der Waals surface area contributed by atoms with Crippen LogP contribution < -0.4 is 0 Å². The van der Waals surface area contributed by atoms with Gasteiger partial charge in [0.1, 0.15) is 30.4 Å². The van der Waals surface area contributed by atoms with Gasteiger partial charge in [0.25, 0.3) is 0 Å². The van der Waals surface area contributed by atoms with Crippen molar-refractivity contribution in [1.82, 2.24) is 19.9 Å². The molecule has 0 saturated carbocycles. The van der Waals surface area contributed by atoms with Crippen LogP contribution in [-0.4, -0.2) is 56.9 Å². The quantitative estimate of drug-likeness (QED) is 0.316. The minimum atomic E-state index is -1.82. The average molecular weight is 497 g/mol. The molecule has 0 unspecified atom stereocenters. The number of imidazole rings is 1. The lowest BCUT2D eigenvalue weighted by molar-refractivity contribution is -0.0440. The van der Waals surface area contributed by atoms with Crippen LogP contribution in [0.4, 0.5) is 4.39 Å². The van der Waals surface area contributed by atoms with Crippen molar-refractivity contribution in [2.24, 2.45) is 0 Å². The van der Waals surface area contributed by atoms with Crippen LogP contribution in [0.5, 0.6) is 0 Å². The fraction of sp³-hybridized carbons (Fsp3) is 0.208. The summed E-state index contributed by atoms with van der Waals surface area (Å²) >= 11 is 6.07. The highest BCUT2D eigenvalue weighted by Gasteiger charge is 2.50. The number of alkyl halides is 1. The minimum Gasteiger partial charge on any atom is -0.459 e. The maximum atomic E-state index is 15.7. The number of carbonyl (C=O) groups excluding carboxylic acids is 2. The Morgan fingerprint density at radius 3 is 2.31 bits per heavy atom. The molecule has 0 spiro atoms. The third kappa shape index (κ3) is 4.71.